The Bertz CT molecular complexity index is 743. The lowest BCUT2D eigenvalue weighted by Gasteiger charge is -2.47. The minimum atomic E-state index is -0.567. The van der Waals surface area contributed by atoms with Gasteiger partial charge >= 0.3 is 0 Å². The van der Waals surface area contributed by atoms with Gasteiger partial charge in [-0.15, -0.1) is 0 Å². The Morgan fingerprint density at radius 1 is 1.07 bits per heavy atom. The third-order valence-corrected chi connectivity index (χ3v) is 6.28. The molecule has 3 fully saturated rings. The largest absolute Gasteiger partial charge is 0.345 e. The lowest BCUT2D eigenvalue weighted by molar-refractivity contribution is -0.155. The molecule has 7 heteroatoms. The summed E-state index contributed by atoms with van der Waals surface area (Å²) in [6.07, 6.45) is 1.53. The van der Waals surface area contributed by atoms with E-state index in [1.165, 1.54) is 0 Å². The molecule has 3 amide bonds. The van der Waals surface area contributed by atoms with E-state index in [2.05, 4.69) is 17.3 Å². The molecule has 0 spiro atoms. The SMILES string of the molecule is CN1CCC(C(=O)N2CCN3C(=O)CNC(=O)C3C2)(c2ccccc2)CC1. The van der Waals surface area contributed by atoms with Crippen LogP contribution < -0.4 is 5.32 Å². The second kappa shape index (κ2) is 6.96. The van der Waals surface area contributed by atoms with Crippen molar-refractivity contribution in [3.8, 4) is 0 Å². The number of fused-ring (bicyclic) bond motifs is 1. The number of piperazine rings is 2. The van der Waals surface area contributed by atoms with E-state index >= 15 is 0 Å². The summed E-state index contributed by atoms with van der Waals surface area (Å²) in [5.74, 6) is -0.139. The molecule has 1 atom stereocenters. The van der Waals surface area contributed by atoms with E-state index in [1.54, 1.807) is 9.80 Å². The number of benzene rings is 1. The van der Waals surface area contributed by atoms with Gasteiger partial charge in [-0.05, 0) is 38.5 Å². The number of rotatable bonds is 2. The third kappa shape index (κ3) is 3.10. The van der Waals surface area contributed by atoms with Crippen molar-refractivity contribution in [3.05, 3.63) is 35.9 Å². The van der Waals surface area contributed by atoms with Crippen LogP contribution in [0.25, 0.3) is 0 Å². The normalized spacial score (nSPS) is 25.7. The van der Waals surface area contributed by atoms with Gasteiger partial charge in [-0.3, -0.25) is 14.4 Å². The quantitative estimate of drug-likeness (QED) is 0.784. The number of hydrogen-bond donors (Lipinski definition) is 1. The highest BCUT2D eigenvalue weighted by atomic mass is 16.2. The molecule has 1 aromatic carbocycles. The molecule has 4 rings (SSSR count). The summed E-state index contributed by atoms with van der Waals surface area (Å²) in [6.45, 7) is 2.97. The summed E-state index contributed by atoms with van der Waals surface area (Å²) >= 11 is 0. The molecule has 7 nitrogen and oxygen atoms in total. The topological polar surface area (TPSA) is 73.0 Å². The number of amides is 3. The second-order valence-corrected chi connectivity index (χ2v) is 7.82. The Morgan fingerprint density at radius 2 is 1.78 bits per heavy atom. The molecular weight excluding hydrogens is 344 g/mol. The van der Waals surface area contributed by atoms with Gasteiger partial charge in [-0.1, -0.05) is 30.3 Å². The zero-order chi connectivity index (χ0) is 19.0. The Balaban J connectivity index is 1.61. The molecule has 1 unspecified atom stereocenters. The number of hydrogen-bond acceptors (Lipinski definition) is 4. The second-order valence-electron chi connectivity index (χ2n) is 7.82. The van der Waals surface area contributed by atoms with E-state index < -0.39 is 11.5 Å². The molecule has 3 aliphatic heterocycles. The van der Waals surface area contributed by atoms with Gasteiger partial charge < -0.3 is 20.0 Å². The Hall–Kier alpha value is -2.41. The summed E-state index contributed by atoms with van der Waals surface area (Å²) in [7, 11) is 2.08. The first-order chi connectivity index (χ1) is 13.0. The molecule has 0 aromatic heterocycles. The fraction of sp³-hybridized carbons (Fsp3) is 0.550. The molecule has 144 valence electrons. The van der Waals surface area contributed by atoms with E-state index in [1.807, 2.05) is 30.3 Å². The Morgan fingerprint density at radius 3 is 2.48 bits per heavy atom. The molecule has 3 heterocycles. The first-order valence-electron chi connectivity index (χ1n) is 9.62. The summed E-state index contributed by atoms with van der Waals surface area (Å²) in [6, 6.07) is 9.44. The van der Waals surface area contributed by atoms with Gasteiger partial charge in [0.1, 0.15) is 6.04 Å². The van der Waals surface area contributed by atoms with Crippen LogP contribution in [0.15, 0.2) is 30.3 Å². The summed E-state index contributed by atoms with van der Waals surface area (Å²) in [5, 5.41) is 2.64. The number of carbonyl (C=O) groups is 3. The zero-order valence-electron chi connectivity index (χ0n) is 15.7. The van der Waals surface area contributed by atoms with E-state index in [4.69, 9.17) is 0 Å². The minimum absolute atomic E-state index is 0.0591. The predicted octanol–water partition coefficient (Wildman–Crippen LogP) is -0.181. The molecule has 0 saturated carbocycles. The fourth-order valence-electron chi connectivity index (χ4n) is 4.56. The van der Waals surface area contributed by atoms with Gasteiger partial charge in [0.25, 0.3) is 0 Å². The number of nitrogens with one attached hydrogen (secondary N) is 1. The number of carbonyl (C=O) groups excluding carboxylic acids is 3. The lowest BCUT2D eigenvalue weighted by Crippen LogP contribution is -2.68. The van der Waals surface area contributed by atoms with Gasteiger partial charge in [-0.25, -0.2) is 0 Å². The highest BCUT2D eigenvalue weighted by Crippen LogP contribution is 2.37. The third-order valence-electron chi connectivity index (χ3n) is 6.28. The molecule has 0 radical (unpaired) electrons. The van der Waals surface area contributed by atoms with Crippen molar-refractivity contribution in [2.24, 2.45) is 0 Å². The first-order valence-corrected chi connectivity index (χ1v) is 9.62. The van der Waals surface area contributed by atoms with E-state index in [0.717, 1.165) is 31.5 Å². The van der Waals surface area contributed by atoms with E-state index in [9.17, 15) is 14.4 Å². The van der Waals surface area contributed by atoms with Gasteiger partial charge in [-0.2, -0.15) is 0 Å². The smallest absolute Gasteiger partial charge is 0.245 e. The minimum Gasteiger partial charge on any atom is -0.345 e. The van der Waals surface area contributed by atoms with E-state index in [0.29, 0.717) is 13.1 Å². The standard InChI is InChI=1S/C20H26N4O3/c1-22-9-7-20(8-10-22,15-5-3-2-4-6-15)19(27)23-11-12-24-16(14-23)18(26)21-13-17(24)25/h2-6,16H,7-14H2,1H3,(H,21,26). The van der Waals surface area contributed by atoms with Crippen molar-refractivity contribution in [3.63, 3.8) is 0 Å². The molecule has 0 bridgehead atoms. The van der Waals surface area contributed by atoms with Crippen molar-refractivity contribution >= 4 is 17.7 Å². The maximum Gasteiger partial charge on any atom is 0.245 e. The summed E-state index contributed by atoms with van der Waals surface area (Å²) in [5.41, 5.74) is 0.500. The summed E-state index contributed by atoms with van der Waals surface area (Å²) in [4.78, 5) is 43.7. The number of piperidine rings is 1. The van der Waals surface area contributed by atoms with Gasteiger partial charge in [0.15, 0.2) is 0 Å². The van der Waals surface area contributed by atoms with Crippen LogP contribution in [0, 0.1) is 0 Å². The van der Waals surface area contributed by atoms with Crippen LogP contribution in [-0.4, -0.2) is 84.8 Å². The average Bonchev–Trinajstić information content (AvgIpc) is 2.71. The average molecular weight is 370 g/mol. The van der Waals surface area contributed by atoms with Crippen LogP contribution >= 0.6 is 0 Å². The van der Waals surface area contributed by atoms with Crippen LogP contribution in [0.1, 0.15) is 18.4 Å². The molecule has 1 N–H and O–H groups in total. The lowest BCUT2D eigenvalue weighted by atomic mass is 9.71. The highest BCUT2D eigenvalue weighted by Gasteiger charge is 2.47. The highest BCUT2D eigenvalue weighted by molar-refractivity contribution is 5.96. The number of nitrogens with zero attached hydrogens (tertiary/aromatic N) is 3. The number of likely N-dealkylation sites (tertiary alicyclic amines) is 1. The summed E-state index contributed by atoms with van der Waals surface area (Å²) < 4.78 is 0. The molecular formula is C20H26N4O3. The molecule has 27 heavy (non-hydrogen) atoms. The van der Waals surface area contributed by atoms with Crippen LogP contribution in [0.3, 0.4) is 0 Å². The van der Waals surface area contributed by atoms with Gasteiger partial charge in [0.2, 0.25) is 17.7 Å². The maximum atomic E-state index is 13.7. The molecule has 3 aliphatic rings. The zero-order valence-corrected chi connectivity index (χ0v) is 15.7. The van der Waals surface area contributed by atoms with Crippen LogP contribution in [0.4, 0.5) is 0 Å². The van der Waals surface area contributed by atoms with Crippen LogP contribution in [0.5, 0.6) is 0 Å². The monoisotopic (exact) mass is 370 g/mol. The van der Waals surface area contributed by atoms with Crippen LogP contribution in [0.2, 0.25) is 0 Å². The van der Waals surface area contributed by atoms with Crippen molar-refractivity contribution in [1.82, 2.24) is 20.0 Å². The van der Waals surface area contributed by atoms with E-state index in [-0.39, 0.29) is 30.8 Å². The predicted molar refractivity (Wildman–Crippen MR) is 99.9 cm³/mol. The van der Waals surface area contributed by atoms with Crippen LogP contribution in [-0.2, 0) is 19.8 Å². The van der Waals surface area contributed by atoms with Crippen molar-refractivity contribution in [2.45, 2.75) is 24.3 Å². The maximum absolute atomic E-state index is 13.7. The first kappa shape index (κ1) is 18.0. The van der Waals surface area contributed by atoms with Gasteiger partial charge in [0.05, 0.1) is 18.5 Å². The molecule has 3 saturated heterocycles. The Kier molecular flexibility index (Phi) is 4.63. The fourth-order valence-corrected chi connectivity index (χ4v) is 4.56. The van der Waals surface area contributed by atoms with Gasteiger partial charge in [0, 0.05) is 13.1 Å². The Labute approximate surface area is 159 Å². The van der Waals surface area contributed by atoms with Crippen molar-refractivity contribution < 1.29 is 14.4 Å². The van der Waals surface area contributed by atoms with Crippen molar-refractivity contribution in [1.29, 1.82) is 0 Å². The van der Waals surface area contributed by atoms with Crippen molar-refractivity contribution in [2.75, 3.05) is 46.3 Å². The molecule has 0 aliphatic carbocycles. The molecule has 1 aromatic rings.